The highest BCUT2D eigenvalue weighted by molar-refractivity contribution is 5.82. The number of benzene rings is 1. The van der Waals surface area contributed by atoms with Crippen molar-refractivity contribution in [1.82, 2.24) is 34.5 Å². The van der Waals surface area contributed by atoms with E-state index >= 15 is 0 Å². The number of hydrogen-bond acceptors (Lipinski definition) is 5. The van der Waals surface area contributed by atoms with Crippen molar-refractivity contribution in [3.05, 3.63) is 121 Å². The van der Waals surface area contributed by atoms with Crippen LogP contribution in [-0.2, 0) is 6.42 Å². The predicted molar refractivity (Wildman–Crippen MR) is 130 cm³/mol. The van der Waals surface area contributed by atoms with E-state index in [4.69, 9.17) is 9.97 Å². The van der Waals surface area contributed by atoms with Crippen molar-refractivity contribution >= 4 is 11.0 Å². The van der Waals surface area contributed by atoms with E-state index in [9.17, 15) is 0 Å². The van der Waals surface area contributed by atoms with Crippen LogP contribution in [0.4, 0.5) is 0 Å². The first-order chi connectivity index (χ1) is 16.9. The van der Waals surface area contributed by atoms with Gasteiger partial charge in [0.2, 0.25) is 0 Å². The van der Waals surface area contributed by atoms with Gasteiger partial charge >= 0.3 is 0 Å². The van der Waals surface area contributed by atoms with Crippen molar-refractivity contribution in [1.29, 1.82) is 0 Å². The molecule has 0 unspecified atom stereocenters. The predicted octanol–water partition coefficient (Wildman–Crippen LogP) is 4.98. The average molecular weight is 444 g/mol. The molecule has 1 aromatic carbocycles. The number of imidazole rings is 2. The molecule has 0 saturated heterocycles. The molecule has 0 atom stereocenters. The summed E-state index contributed by atoms with van der Waals surface area (Å²) in [4.78, 5) is 26.1. The molecule has 0 radical (unpaired) electrons. The van der Waals surface area contributed by atoms with E-state index in [1.165, 1.54) is 0 Å². The van der Waals surface area contributed by atoms with Gasteiger partial charge < -0.3 is 4.98 Å². The molecule has 0 amide bonds. The summed E-state index contributed by atoms with van der Waals surface area (Å²) in [6.45, 7) is 0. The maximum absolute atomic E-state index is 4.88. The maximum atomic E-state index is 4.88. The molecular weight excluding hydrogens is 422 g/mol. The van der Waals surface area contributed by atoms with Gasteiger partial charge in [-0.25, -0.2) is 15.0 Å². The monoisotopic (exact) mass is 443 g/mol. The third-order valence-corrected chi connectivity index (χ3v) is 5.95. The molecule has 6 rings (SSSR count). The topological polar surface area (TPSA) is 85.2 Å². The lowest BCUT2D eigenvalue weighted by Gasteiger charge is -2.20. The zero-order valence-electron chi connectivity index (χ0n) is 18.3. The van der Waals surface area contributed by atoms with Crippen LogP contribution in [0.25, 0.3) is 28.5 Å². The van der Waals surface area contributed by atoms with E-state index in [-0.39, 0.29) is 5.92 Å². The van der Waals surface area contributed by atoms with E-state index in [1.807, 2.05) is 55.0 Å². The van der Waals surface area contributed by atoms with Gasteiger partial charge in [0.25, 0.3) is 0 Å². The minimum atomic E-state index is 0.0761. The van der Waals surface area contributed by atoms with Crippen LogP contribution in [0.5, 0.6) is 0 Å². The van der Waals surface area contributed by atoms with Gasteiger partial charge in [-0.05, 0) is 53.4 Å². The summed E-state index contributed by atoms with van der Waals surface area (Å²) in [5.41, 5.74) is 5.23. The summed E-state index contributed by atoms with van der Waals surface area (Å²) in [7, 11) is 0. The standard InChI is InChI=1S/C27H21N7/c1-2-10-24-23(9-1)33-27(25-30-14-15-31-25)34(24)26-19(6-5-13-32-26)16-22(20-7-3-11-28-17-20)21-8-4-12-29-18-21/h1-15,17-18,22H,16H2,(H,30,31). The minimum absolute atomic E-state index is 0.0761. The number of nitrogens with zero attached hydrogens (tertiary/aromatic N) is 6. The van der Waals surface area contributed by atoms with E-state index in [0.717, 1.165) is 45.8 Å². The Bertz CT molecular complexity index is 1480. The number of H-pyrrole nitrogens is 1. The molecule has 0 bridgehead atoms. The third-order valence-electron chi connectivity index (χ3n) is 5.95. The molecule has 7 heteroatoms. The first-order valence-electron chi connectivity index (χ1n) is 11.1. The number of aromatic amines is 1. The second-order valence-corrected chi connectivity index (χ2v) is 8.01. The maximum Gasteiger partial charge on any atom is 0.183 e. The van der Waals surface area contributed by atoms with Crippen molar-refractivity contribution in [2.45, 2.75) is 12.3 Å². The summed E-state index contributed by atoms with van der Waals surface area (Å²) in [5, 5.41) is 0. The van der Waals surface area contributed by atoms with Gasteiger partial charge in [-0.15, -0.1) is 0 Å². The fraction of sp³-hybridized carbons (Fsp3) is 0.0741. The van der Waals surface area contributed by atoms with Crippen LogP contribution >= 0.6 is 0 Å². The van der Waals surface area contributed by atoms with Gasteiger partial charge in [0.05, 0.1) is 11.0 Å². The van der Waals surface area contributed by atoms with E-state index in [0.29, 0.717) is 5.82 Å². The molecule has 6 aromatic rings. The molecule has 5 aromatic heterocycles. The number of para-hydroxylation sites is 2. The number of nitrogens with one attached hydrogen (secondary N) is 1. The first kappa shape index (κ1) is 20.0. The van der Waals surface area contributed by atoms with Crippen molar-refractivity contribution in [3.8, 4) is 17.5 Å². The quantitative estimate of drug-likeness (QED) is 0.393. The second kappa shape index (κ2) is 8.71. The van der Waals surface area contributed by atoms with Crippen LogP contribution in [0.15, 0.2) is 104 Å². The highest BCUT2D eigenvalue weighted by atomic mass is 15.2. The Hall–Kier alpha value is -4.65. The molecule has 0 aliphatic rings. The SMILES string of the molecule is c1cncc(C(Cc2cccnc2-n2c(-c3ncc[nH]3)nc3ccccc32)c2cccnc2)c1. The summed E-state index contributed by atoms with van der Waals surface area (Å²) in [6.07, 6.45) is 13.5. The Morgan fingerprint density at radius 3 is 2.24 bits per heavy atom. The normalized spacial score (nSPS) is 11.3. The molecule has 5 heterocycles. The van der Waals surface area contributed by atoms with Gasteiger partial charge in [-0.2, -0.15) is 0 Å². The summed E-state index contributed by atoms with van der Waals surface area (Å²) >= 11 is 0. The number of hydrogen-bond donors (Lipinski definition) is 1. The van der Waals surface area contributed by atoms with Gasteiger partial charge in [0.15, 0.2) is 11.6 Å². The molecule has 0 aliphatic carbocycles. The van der Waals surface area contributed by atoms with Gasteiger partial charge in [0.1, 0.15) is 5.82 Å². The molecule has 1 N–H and O–H groups in total. The molecule has 0 saturated carbocycles. The molecular formula is C27H21N7. The number of rotatable bonds is 6. The van der Waals surface area contributed by atoms with Crippen LogP contribution < -0.4 is 0 Å². The number of pyridine rings is 3. The average Bonchev–Trinajstić information content (AvgIpc) is 3.57. The first-order valence-corrected chi connectivity index (χ1v) is 11.1. The Morgan fingerprint density at radius 1 is 0.765 bits per heavy atom. The van der Waals surface area contributed by atoms with E-state index in [1.54, 1.807) is 24.8 Å². The fourth-order valence-electron chi connectivity index (χ4n) is 4.39. The smallest absolute Gasteiger partial charge is 0.183 e. The van der Waals surface area contributed by atoms with Gasteiger partial charge in [0, 0.05) is 49.3 Å². The molecule has 7 nitrogen and oxygen atoms in total. The van der Waals surface area contributed by atoms with Crippen molar-refractivity contribution in [2.75, 3.05) is 0 Å². The minimum Gasteiger partial charge on any atom is -0.342 e. The summed E-state index contributed by atoms with van der Waals surface area (Å²) in [6, 6.07) is 20.4. The van der Waals surface area contributed by atoms with Crippen LogP contribution in [0.3, 0.4) is 0 Å². The lowest BCUT2D eigenvalue weighted by atomic mass is 9.87. The second-order valence-electron chi connectivity index (χ2n) is 8.01. The summed E-state index contributed by atoms with van der Waals surface area (Å²) < 4.78 is 2.09. The van der Waals surface area contributed by atoms with E-state index in [2.05, 4.69) is 48.8 Å². The summed E-state index contributed by atoms with van der Waals surface area (Å²) in [5.74, 6) is 2.34. The molecule has 0 aliphatic heterocycles. The highest BCUT2D eigenvalue weighted by Crippen LogP contribution is 2.32. The van der Waals surface area contributed by atoms with Crippen LogP contribution in [0, 0.1) is 0 Å². The largest absolute Gasteiger partial charge is 0.342 e. The zero-order chi connectivity index (χ0) is 22.7. The Kier molecular flexibility index (Phi) is 5.12. The van der Waals surface area contributed by atoms with Crippen molar-refractivity contribution < 1.29 is 0 Å². The van der Waals surface area contributed by atoms with Crippen LogP contribution in [0.1, 0.15) is 22.6 Å². The zero-order valence-corrected chi connectivity index (χ0v) is 18.3. The fourth-order valence-corrected chi connectivity index (χ4v) is 4.39. The molecule has 0 spiro atoms. The Balaban J connectivity index is 1.53. The molecule has 0 fully saturated rings. The highest BCUT2D eigenvalue weighted by Gasteiger charge is 2.22. The molecule has 34 heavy (non-hydrogen) atoms. The Labute approximate surface area is 196 Å². The van der Waals surface area contributed by atoms with Crippen molar-refractivity contribution in [3.63, 3.8) is 0 Å². The number of aromatic nitrogens is 7. The van der Waals surface area contributed by atoms with E-state index < -0.39 is 0 Å². The van der Waals surface area contributed by atoms with Crippen LogP contribution in [0.2, 0.25) is 0 Å². The third kappa shape index (κ3) is 3.63. The molecule has 164 valence electrons. The van der Waals surface area contributed by atoms with Crippen molar-refractivity contribution in [2.24, 2.45) is 0 Å². The van der Waals surface area contributed by atoms with Crippen LogP contribution in [-0.4, -0.2) is 34.5 Å². The van der Waals surface area contributed by atoms with Gasteiger partial charge in [-0.3, -0.25) is 14.5 Å². The lowest BCUT2D eigenvalue weighted by Crippen LogP contribution is -2.11. The van der Waals surface area contributed by atoms with Gasteiger partial charge in [-0.1, -0.05) is 30.3 Å². The lowest BCUT2D eigenvalue weighted by molar-refractivity contribution is 0.782. The Morgan fingerprint density at radius 2 is 1.53 bits per heavy atom. The number of fused-ring (bicyclic) bond motifs is 1.